The van der Waals surface area contributed by atoms with Gasteiger partial charge in [0.25, 0.3) is 0 Å². The average Bonchev–Trinajstić information content (AvgIpc) is 3.68. The summed E-state index contributed by atoms with van der Waals surface area (Å²) in [6.45, 7) is 4.17. The lowest BCUT2D eigenvalue weighted by atomic mass is 10.1. The van der Waals surface area contributed by atoms with E-state index in [0.29, 0.717) is 17.4 Å². The summed E-state index contributed by atoms with van der Waals surface area (Å²) < 4.78 is 34.7. The average molecular weight is 1240 g/mol. The van der Waals surface area contributed by atoms with Crippen molar-refractivity contribution in [1.82, 2.24) is 0 Å². The summed E-state index contributed by atoms with van der Waals surface area (Å²) in [4.78, 5) is 35.9. The number of ether oxygens (including phenoxy) is 2. The molecule has 0 spiro atoms. The van der Waals surface area contributed by atoms with Crippen LogP contribution in [0.15, 0.2) is 182 Å². The molecule has 496 valence electrons. The summed E-state index contributed by atoms with van der Waals surface area (Å²) in [5, 5.41) is 0. The fourth-order valence-electron chi connectivity index (χ4n) is 8.72. The van der Waals surface area contributed by atoms with Crippen molar-refractivity contribution in [3.05, 3.63) is 182 Å². The molecule has 10 heteroatoms. The molecule has 0 rings (SSSR count). The van der Waals surface area contributed by atoms with E-state index in [-0.39, 0.29) is 32.0 Å². The molecular formula is C78H127NO8P+. The van der Waals surface area contributed by atoms with Crippen LogP contribution in [0.1, 0.15) is 245 Å². The molecule has 9 nitrogen and oxygen atoms in total. The van der Waals surface area contributed by atoms with E-state index < -0.39 is 26.5 Å². The van der Waals surface area contributed by atoms with Crippen LogP contribution in [0.5, 0.6) is 0 Å². The molecule has 0 radical (unpaired) electrons. The van der Waals surface area contributed by atoms with E-state index in [1.807, 2.05) is 21.1 Å². The lowest BCUT2D eigenvalue weighted by molar-refractivity contribution is -0.870. The zero-order valence-electron chi connectivity index (χ0n) is 56.4. The summed E-state index contributed by atoms with van der Waals surface area (Å²) in [5.74, 6) is -0.825. The molecule has 0 saturated heterocycles. The largest absolute Gasteiger partial charge is 0.472 e. The number of hydrogen-bond donors (Lipinski definition) is 1. The molecule has 1 N–H and O–H groups in total. The van der Waals surface area contributed by atoms with E-state index in [9.17, 15) is 19.0 Å². The van der Waals surface area contributed by atoms with Gasteiger partial charge in [-0.25, -0.2) is 4.57 Å². The Morgan fingerprint density at radius 3 is 0.909 bits per heavy atom. The monoisotopic (exact) mass is 1240 g/mol. The van der Waals surface area contributed by atoms with Crippen LogP contribution in [0, 0.1) is 0 Å². The fraction of sp³-hybridized carbons (Fsp3) is 0.590. The zero-order valence-corrected chi connectivity index (χ0v) is 57.3. The number of esters is 2. The standard InChI is InChI=1S/C78H126NO8P/c1-6-8-10-12-14-16-18-20-22-24-26-28-30-32-33-34-35-36-37-38-39-40-41-42-43-44-45-47-49-51-53-55-57-59-61-63-65-67-69-71-78(81)87-76(75-86-88(82,83)85-73-72-79(3,4)5)74-84-77(80)70-68-66-64-62-60-58-56-54-52-50-48-46-31-29-27-25-23-21-19-17-15-13-11-9-7-2/h8-11,14-17,20-23,26-29,32-33,35-36,38-39,41-42,44-46,48-49,51,76H,6-7,12-13,18-19,24-25,30-31,34,37,40,43,47,50,52-75H2,1-5H3/p+1/b10-8-,11-9-,16-14-,17-15-,22-20-,23-21-,28-26-,29-27-,33-32-,36-35-,39-38-,42-41-,45-44-,48-46-,51-49-. The second-order valence-electron chi connectivity index (χ2n) is 23.4. The van der Waals surface area contributed by atoms with Gasteiger partial charge in [-0.15, -0.1) is 0 Å². The minimum absolute atomic E-state index is 0.0191. The van der Waals surface area contributed by atoms with E-state index in [1.165, 1.54) is 57.8 Å². The lowest BCUT2D eigenvalue weighted by Gasteiger charge is -2.24. The third kappa shape index (κ3) is 70.2. The van der Waals surface area contributed by atoms with Gasteiger partial charge in [0, 0.05) is 12.8 Å². The predicted molar refractivity (Wildman–Crippen MR) is 380 cm³/mol. The van der Waals surface area contributed by atoms with Gasteiger partial charge < -0.3 is 18.9 Å². The first-order valence-electron chi connectivity index (χ1n) is 34.5. The SMILES string of the molecule is CC/C=C\C/C=C\C/C=C\C/C=C\C/C=C\C/C=C\C/C=C\C/C=C\C/C=C\C/C=C\CCCCCCCCCCC(=O)OC(COC(=O)CCCCCCCCCCC/C=C\C/C=C\C/C=C\C/C=C\C/C=C\CC)COP(=O)(O)OCC[N+](C)(C)C. The molecule has 0 bridgehead atoms. The Labute approximate surface area is 540 Å². The minimum atomic E-state index is -4.41. The molecule has 0 aliphatic heterocycles. The van der Waals surface area contributed by atoms with Crippen molar-refractivity contribution in [3.8, 4) is 0 Å². The van der Waals surface area contributed by atoms with Crippen molar-refractivity contribution in [2.24, 2.45) is 0 Å². The Kier molecular flexibility index (Phi) is 62.8. The smallest absolute Gasteiger partial charge is 0.462 e. The number of quaternary nitrogens is 1. The first-order chi connectivity index (χ1) is 43.0. The highest BCUT2D eigenvalue weighted by Crippen LogP contribution is 2.43. The molecular weight excluding hydrogens is 1110 g/mol. The van der Waals surface area contributed by atoms with Gasteiger partial charge in [0.05, 0.1) is 27.7 Å². The number of phosphoric ester groups is 1. The van der Waals surface area contributed by atoms with Gasteiger partial charge in [0.15, 0.2) is 6.10 Å². The molecule has 0 aliphatic carbocycles. The second kappa shape index (κ2) is 66.5. The van der Waals surface area contributed by atoms with Crippen molar-refractivity contribution < 1.29 is 42.1 Å². The Balaban J connectivity index is 4.16. The summed E-state index contributed by atoms with van der Waals surface area (Å²) >= 11 is 0. The van der Waals surface area contributed by atoms with Gasteiger partial charge in [0.2, 0.25) is 0 Å². The van der Waals surface area contributed by atoms with Crippen molar-refractivity contribution >= 4 is 19.8 Å². The Hall–Kier alpha value is -4.89. The van der Waals surface area contributed by atoms with Crippen LogP contribution >= 0.6 is 7.82 Å². The van der Waals surface area contributed by atoms with Crippen LogP contribution in [0.2, 0.25) is 0 Å². The highest BCUT2D eigenvalue weighted by atomic mass is 31.2. The van der Waals surface area contributed by atoms with Gasteiger partial charge in [0.1, 0.15) is 19.8 Å². The first kappa shape index (κ1) is 83.1. The van der Waals surface area contributed by atoms with Gasteiger partial charge in [-0.05, 0) is 135 Å². The van der Waals surface area contributed by atoms with Crippen LogP contribution in [-0.4, -0.2) is 74.9 Å². The number of hydrogen-bond acceptors (Lipinski definition) is 7. The van der Waals surface area contributed by atoms with Gasteiger partial charge in [-0.2, -0.15) is 0 Å². The molecule has 0 aromatic rings. The molecule has 2 unspecified atom stereocenters. The maximum absolute atomic E-state index is 12.9. The van der Waals surface area contributed by atoms with E-state index in [0.717, 1.165) is 154 Å². The summed E-state index contributed by atoms with van der Waals surface area (Å²) in [7, 11) is 1.44. The maximum Gasteiger partial charge on any atom is 0.472 e. The van der Waals surface area contributed by atoms with E-state index in [4.69, 9.17) is 18.5 Å². The van der Waals surface area contributed by atoms with Gasteiger partial charge in [-0.1, -0.05) is 280 Å². The van der Waals surface area contributed by atoms with Crippen LogP contribution in [0.4, 0.5) is 0 Å². The van der Waals surface area contributed by atoms with Crippen molar-refractivity contribution in [2.75, 3.05) is 47.5 Å². The molecule has 0 amide bonds. The molecule has 0 saturated carbocycles. The highest BCUT2D eigenvalue weighted by molar-refractivity contribution is 7.47. The number of carbonyl (C=O) groups excluding carboxylic acids is 2. The number of unbranched alkanes of at least 4 members (excludes halogenated alkanes) is 17. The third-order valence-corrected chi connectivity index (χ3v) is 14.9. The maximum atomic E-state index is 12.9. The van der Waals surface area contributed by atoms with Gasteiger partial charge >= 0.3 is 19.8 Å². The van der Waals surface area contributed by atoms with Crippen molar-refractivity contribution in [3.63, 3.8) is 0 Å². The quantitative estimate of drug-likeness (QED) is 0.0211. The van der Waals surface area contributed by atoms with Crippen LogP contribution in [0.25, 0.3) is 0 Å². The zero-order chi connectivity index (χ0) is 64.1. The van der Waals surface area contributed by atoms with Crippen molar-refractivity contribution in [1.29, 1.82) is 0 Å². The van der Waals surface area contributed by atoms with E-state index in [1.54, 1.807) is 0 Å². The number of allylic oxidation sites excluding steroid dienone is 30. The third-order valence-electron chi connectivity index (χ3n) is 13.9. The minimum Gasteiger partial charge on any atom is -0.462 e. The van der Waals surface area contributed by atoms with Crippen LogP contribution < -0.4 is 0 Å². The number of carbonyl (C=O) groups is 2. The topological polar surface area (TPSA) is 108 Å². The fourth-order valence-corrected chi connectivity index (χ4v) is 9.46. The Bertz CT molecular complexity index is 2140. The number of phosphoric acid groups is 1. The molecule has 88 heavy (non-hydrogen) atoms. The molecule has 0 heterocycles. The summed E-state index contributed by atoms with van der Waals surface area (Å²) in [6, 6.07) is 0. The van der Waals surface area contributed by atoms with E-state index in [2.05, 4.69) is 196 Å². The molecule has 0 aliphatic rings. The predicted octanol–water partition coefficient (Wildman–Crippen LogP) is 22.7. The number of rotatable bonds is 61. The van der Waals surface area contributed by atoms with Crippen LogP contribution in [0.3, 0.4) is 0 Å². The Morgan fingerprint density at radius 2 is 0.614 bits per heavy atom. The number of likely N-dealkylation sites (N-methyl/N-ethyl adjacent to an activating group) is 1. The molecule has 2 atom stereocenters. The molecule has 0 aromatic carbocycles. The second-order valence-corrected chi connectivity index (χ2v) is 24.9. The first-order valence-corrected chi connectivity index (χ1v) is 36.0. The summed E-state index contributed by atoms with van der Waals surface area (Å²) in [5.41, 5.74) is 0. The number of nitrogens with zero attached hydrogens (tertiary/aromatic N) is 1. The Morgan fingerprint density at radius 1 is 0.352 bits per heavy atom. The lowest BCUT2D eigenvalue weighted by Crippen LogP contribution is -2.37. The summed E-state index contributed by atoms with van der Waals surface area (Å²) in [6.07, 6.45) is 103. The van der Waals surface area contributed by atoms with Gasteiger partial charge in [-0.3, -0.25) is 18.6 Å². The molecule has 0 aromatic heterocycles. The normalized spacial score (nSPS) is 14.3. The van der Waals surface area contributed by atoms with E-state index >= 15 is 0 Å². The van der Waals surface area contributed by atoms with Crippen LogP contribution in [-0.2, 0) is 32.7 Å². The highest BCUT2D eigenvalue weighted by Gasteiger charge is 2.27. The van der Waals surface area contributed by atoms with Crippen molar-refractivity contribution in [2.45, 2.75) is 251 Å². The molecule has 0 fully saturated rings.